The summed E-state index contributed by atoms with van der Waals surface area (Å²) < 4.78 is 46.2. The zero-order valence-corrected chi connectivity index (χ0v) is 14.9. The number of aromatic nitrogens is 3. The van der Waals surface area contributed by atoms with Gasteiger partial charge in [-0.3, -0.25) is 4.79 Å². The Labute approximate surface area is 163 Å². The zero-order chi connectivity index (χ0) is 20.2. The van der Waals surface area contributed by atoms with Crippen molar-refractivity contribution in [2.45, 2.75) is 24.6 Å². The van der Waals surface area contributed by atoms with Crippen LogP contribution in [0.4, 0.5) is 19.1 Å². The normalized spacial score (nSPS) is 23.8. The predicted octanol–water partition coefficient (Wildman–Crippen LogP) is 4.16. The molecule has 0 fully saturated rings. The molecule has 0 radical (unpaired) electrons. The van der Waals surface area contributed by atoms with Crippen LogP contribution in [0.1, 0.15) is 35.5 Å². The van der Waals surface area contributed by atoms with E-state index in [1.807, 2.05) is 36.4 Å². The maximum Gasteiger partial charge on any atom is 0.453 e. The highest BCUT2D eigenvalue weighted by molar-refractivity contribution is 5.88. The van der Waals surface area contributed by atoms with Crippen LogP contribution in [0.3, 0.4) is 0 Å². The van der Waals surface area contributed by atoms with Gasteiger partial charge in [0.25, 0.3) is 5.82 Å². The lowest BCUT2D eigenvalue weighted by Gasteiger charge is -2.36. The van der Waals surface area contributed by atoms with Gasteiger partial charge in [-0.05, 0) is 17.7 Å². The minimum atomic E-state index is -4.70. The summed E-state index contributed by atoms with van der Waals surface area (Å²) in [5.41, 5.74) is 1.48. The Balaban J connectivity index is 1.64. The minimum absolute atomic E-state index is 0.0669. The highest BCUT2D eigenvalue weighted by Crippen LogP contribution is 2.45. The molecule has 0 amide bonds. The van der Waals surface area contributed by atoms with Gasteiger partial charge in [-0.2, -0.15) is 18.2 Å². The molecule has 9 heteroatoms. The lowest BCUT2D eigenvalue weighted by atomic mass is 9.77. The number of hydrogen-bond donors (Lipinski definition) is 1. The monoisotopic (exact) mass is 400 g/mol. The number of carbonyl (C=O) groups excluding carboxylic acids is 1. The molecule has 2 aromatic heterocycles. The van der Waals surface area contributed by atoms with Gasteiger partial charge in [-0.25, -0.2) is 4.68 Å². The van der Waals surface area contributed by atoms with Gasteiger partial charge in [0.1, 0.15) is 17.6 Å². The third kappa shape index (κ3) is 2.93. The van der Waals surface area contributed by atoms with Crippen LogP contribution in [0, 0.1) is 5.92 Å². The molecule has 1 aliphatic carbocycles. The first-order valence-electron chi connectivity index (χ1n) is 9.05. The van der Waals surface area contributed by atoms with E-state index >= 15 is 0 Å². The number of carbonyl (C=O) groups is 1. The number of anilines is 1. The molecule has 0 spiro atoms. The Bertz CT molecular complexity index is 1090. The smallest absolute Gasteiger partial charge is 0.453 e. The first-order chi connectivity index (χ1) is 13.9. The lowest BCUT2D eigenvalue weighted by molar-refractivity contribution is -0.145. The summed E-state index contributed by atoms with van der Waals surface area (Å²) in [7, 11) is 0. The van der Waals surface area contributed by atoms with Crippen LogP contribution in [0.15, 0.2) is 64.9 Å². The van der Waals surface area contributed by atoms with Crippen molar-refractivity contribution in [2.24, 2.45) is 5.92 Å². The first kappa shape index (κ1) is 17.7. The molecule has 2 aliphatic rings. The van der Waals surface area contributed by atoms with Crippen LogP contribution in [-0.2, 0) is 11.0 Å². The molecular formula is C20H15F3N4O2. The van der Waals surface area contributed by atoms with Gasteiger partial charge in [-0.1, -0.05) is 36.4 Å². The molecule has 0 unspecified atom stereocenters. The van der Waals surface area contributed by atoms with E-state index in [4.69, 9.17) is 4.42 Å². The van der Waals surface area contributed by atoms with Gasteiger partial charge in [-0.15, -0.1) is 5.10 Å². The molecule has 6 nitrogen and oxygen atoms in total. The highest BCUT2D eigenvalue weighted by atomic mass is 19.4. The maximum absolute atomic E-state index is 13.2. The van der Waals surface area contributed by atoms with E-state index in [1.165, 1.54) is 6.26 Å². The van der Waals surface area contributed by atoms with Gasteiger partial charge in [0.2, 0.25) is 5.95 Å². The molecule has 148 valence electrons. The zero-order valence-electron chi connectivity index (χ0n) is 14.9. The summed E-state index contributed by atoms with van der Waals surface area (Å²) >= 11 is 0. The average molecular weight is 400 g/mol. The Morgan fingerprint density at radius 2 is 1.93 bits per heavy atom. The van der Waals surface area contributed by atoms with Gasteiger partial charge < -0.3 is 9.73 Å². The molecule has 5 rings (SSSR count). The van der Waals surface area contributed by atoms with E-state index in [0.717, 1.165) is 10.2 Å². The Morgan fingerprint density at radius 1 is 1.14 bits per heavy atom. The molecule has 1 N–H and O–H groups in total. The number of rotatable bonds is 2. The van der Waals surface area contributed by atoms with Crippen LogP contribution >= 0.6 is 0 Å². The number of ketones is 1. The fourth-order valence-corrected chi connectivity index (χ4v) is 4.01. The number of Topliss-reactive ketones (excluding diaryl/α,β-unsaturated/α-hetero) is 1. The standard InChI is InChI=1S/C20H15F3N4O2/c21-20(22,23)18-25-19-24-13-9-12(11-5-2-1-3-6-11)10-14(28)16(13)17(27(19)26-18)15-7-4-8-29-15/h1-9,12,16-17H,10H2,(H,24,25,26)/t12-,16+,17+/m1/s1. The van der Waals surface area contributed by atoms with Crippen LogP contribution in [0.2, 0.25) is 0 Å². The quantitative estimate of drug-likeness (QED) is 0.699. The number of benzene rings is 1. The summed E-state index contributed by atoms with van der Waals surface area (Å²) in [5, 5.41) is 6.54. The van der Waals surface area contributed by atoms with Gasteiger partial charge >= 0.3 is 6.18 Å². The van der Waals surface area contributed by atoms with E-state index in [0.29, 0.717) is 11.5 Å². The van der Waals surface area contributed by atoms with Crippen LogP contribution in [-0.4, -0.2) is 20.5 Å². The van der Waals surface area contributed by atoms with Gasteiger partial charge in [0.05, 0.1) is 12.2 Å². The fraction of sp³-hybridized carbons (Fsp3) is 0.250. The van der Waals surface area contributed by atoms with Gasteiger partial charge in [0, 0.05) is 18.0 Å². The van der Waals surface area contributed by atoms with Crippen LogP contribution in [0.5, 0.6) is 0 Å². The average Bonchev–Trinajstić information content (AvgIpc) is 3.36. The highest BCUT2D eigenvalue weighted by Gasteiger charge is 2.47. The molecule has 3 heterocycles. The molecule has 3 aromatic rings. The van der Waals surface area contributed by atoms with E-state index in [9.17, 15) is 18.0 Å². The largest absolute Gasteiger partial charge is 0.467 e. The third-order valence-electron chi connectivity index (χ3n) is 5.27. The van der Waals surface area contributed by atoms with Crippen LogP contribution < -0.4 is 5.32 Å². The van der Waals surface area contributed by atoms with Crippen molar-refractivity contribution in [3.63, 3.8) is 0 Å². The molecule has 0 saturated carbocycles. The summed E-state index contributed by atoms with van der Waals surface area (Å²) in [6.07, 6.45) is -1.14. The molecular weight excluding hydrogens is 385 g/mol. The Morgan fingerprint density at radius 3 is 2.62 bits per heavy atom. The number of alkyl halides is 3. The summed E-state index contributed by atoms with van der Waals surface area (Å²) in [6.45, 7) is 0. The Hall–Kier alpha value is -3.36. The summed E-state index contributed by atoms with van der Waals surface area (Å²) in [4.78, 5) is 16.7. The van der Waals surface area contributed by atoms with Crippen molar-refractivity contribution in [1.82, 2.24) is 14.8 Å². The molecule has 0 bridgehead atoms. The lowest BCUT2D eigenvalue weighted by Crippen LogP contribution is -2.40. The van der Waals surface area contributed by atoms with Gasteiger partial charge in [0.15, 0.2) is 0 Å². The van der Waals surface area contributed by atoms with Crippen LogP contribution in [0.25, 0.3) is 0 Å². The van der Waals surface area contributed by atoms with Crippen molar-refractivity contribution in [1.29, 1.82) is 0 Å². The van der Waals surface area contributed by atoms with Crippen molar-refractivity contribution in [3.05, 3.63) is 77.6 Å². The number of fused-ring (bicyclic) bond motifs is 2. The molecule has 29 heavy (non-hydrogen) atoms. The number of hydrogen-bond acceptors (Lipinski definition) is 5. The summed E-state index contributed by atoms with van der Waals surface area (Å²) in [5.74, 6) is -1.97. The first-order valence-corrected chi connectivity index (χ1v) is 9.05. The minimum Gasteiger partial charge on any atom is -0.467 e. The molecule has 1 aliphatic heterocycles. The molecule has 0 saturated heterocycles. The van der Waals surface area contributed by atoms with E-state index in [2.05, 4.69) is 15.4 Å². The molecule has 3 atom stereocenters. The van der Waals surface area contributed by atoms with E-state index in [-0.39, 0.29) is 24.1 Å². The number of allylic oxidation sites excluding steroid dienone is 2. The number of nitrogens with zero attached hydrogens (tertiary/aromatic N) is 3. The van der Waals surface area contributed by atoms with Crippen molar-refractivity contribution in [3.8, 4) is 0 Å². The fourth-order valence-electron chi connectivity index (χ4n) is 4.01. The van der Waals surface area contributed by atoms with E-state index in [1.54, 1.807) is 12.1 Å². The second-order valence-corrected chi connectivity index (χ2v) is 7.07. The number of halogens is 3. The second-order valence-electron chi connectivity index (χ2n) is 7.07. The number of nitrogens with one attached hydrogen (secondary N) is 1. The molecule has 1 aromatic carbocycles. The van der Waals surface area contributed by atoms with E-state index < -0.39 is 24.0 Å². The third-order valence-corrected chi connectivity index (χ3v) is 5.27. The van der Waals surface area contributed by atoms with Crippen molar-refractivity contribution >= 4 is 11.7 Å². The SMILES string of the molecule is O=C1C[C@H](c2ccccc2)C=C2Nc3nc(C(F)(F)F)nn3[C@@H](c3ccco3)[C@H]12. The number of furan rings is 1. The Kier molecular flexibility index (Phi) is 3.87. The second kappa shape index (κ2) is 6.33. The summed E-state index contributed by atoms with van der Waals surface area (Å²) in [6, 6.07) is 11.9. The maximum atomic E-state index is 13.2. The predicted molar refractivity (Wildman–Crippen MR) is 95.9 cm³/mol. The van der Waals surface area contributed by atoms with Crippen molar-refractivity contribution in [2.75, 3.05) is 5.32 Å². The topological polar surface area (TPSA) is 73.0 Å². The van der Waals surface area contributed by atoms with Crippen molar-refractivity contribution < 1.29 is 22.4 Å².